The van der Waals surface area contributed by atoms with Crippen molar-refractivity contribution < 1.29 is 28.6 Å². The van der Waals surface area contributed by atoms with Crippen molar-refractivity contribution in [2.75, 3.05) is 13.2 Å². The second kappa shape index (κ2) is 45.8. The van der Waals surface area contributed by atoms with Crippen LogP contribution >= 0.6 is 0 Å². The molecule has 0 aromatic carbocycles. The molecule has 0 bridgehead atoms. The third-order valence-corrected chi connectivity index (χ3v) is 10.0. The number of hydrogen-bond acceptors (Lipinski definition) is 6. The first-order chi connectivity index (χ1) is 28.0. The number of rotatable bonds is 42. The summed E-state index contributed by atoms with van der Waals surface area (Å²) in [6.45, 7) is 6.44. The van der Waals surface area contributed by atoms with Crippen molar-refractivity contribution in [1.29, 1.82) is 0 Å². The number of esters is 3. The molecule has 0 saturated heterocycles. The molecule has 0 fully saturated rings. The van der Waals surface area contributed by atoms with Crippen LogP contribution in [0.25, 0.3) is 0 Å². The Hall–Kier alpha value is -2.89. The Bertz CT molecular complexity index is 1050. The van der Waals surface area contributed by atoms with E-state index in [1.807, 2.05) is 6.08 Å². The monoisotopic (exact) mass is 797 g/mol. The second-order valence-corrected chi connectivity index (χ2v) is 15.6. The summed E-state index contributed by atoms with van der Waals surface area (Å²) in [6.07, 6.45) is 55.0. The Morgan fingerprint density at radius 2 is 0.719 bits per heavy atom. The molecule has 328 valence electrons. The van der Waals surface area contributed by atoms with Crippen LogP contribution in [-0.2, 0) is 28.6 Å². The number of ether oxygens (including phenoxy) is 3. The second-order valence-electron chi connectivity index (χ2n) is 15.6. The fourth-order valence-electron chi connectivity index (χ4n) is 6.45. The summed E-state index contributed by atoms with van der Waals surface area (Å²) < 4.78 is 16.7. The van der Waals surface area contributed by atoms with Gasteiger partial charge in [0.1, 0.15) is 13.2 Å². The minimum Gasteiger partial charge on any atom is -0.462 e. The number of allylic oxidation sites excluding steroid dienone is 10. The van der Waals surface area contributed by atoms with Crippen LogP contribution in [-0.4, -0.2) is 37.2 Å². The van der Waals surface area contributed by atoms with Crippen molar-refractivity contribution in [2.45, 2.75) is 232 Å². The molecule has 1 unspecified atom stereocenters. The van der Waals surface area contributed by atoms with E-state index in [9.17, 15) is 14.4 Å². The van der Waals surface area contributed by atoms with Crippen LogP contribution in [0.4, 0.5) is 0 Å². The van der Waals surface area contributed by atoms with Crippen molar-refractivity contribution in [1.82, 2.24) is 0 Å². The van der Waals surface area contributed by atoms with Crippen LogP contribution in [0.3, 0.4) is 0 Å². The van der Waals surface area contributed by atoms with Crippen LogP contribution in [0.1, 0.15) is 226 Å². The van der Waals surface area contributed by atoms with Gasteiger partial charge in [-0.1, -0.05) is 197 Å². The molecule has 0 N–H and O–H groups in total. The van der Waals surface area contributed by atoms with Crippen LogP contribution in [0.15, 0.2) is 60.8 Å². The van der Waals surface area contributed by atoms with Gasteiger partial charge in [0.2, 0.25) is 0 Å². The zero-order valence-electron chi connectivity index (χ0n) is 37.3. The molecule has 0 aromatic rings. The molecule has 1 atom stereocenters. The summed E-state index contributed by atoms with van der Waals surface area (Å²) in [4.78, 5) is 37.7. The van der Waals surface area contributed by atoms with E-state index in [1.54, 1.807) is 0 Å². The first kappa shape index (κ1) is 54.1. The highest BCUT2D eigenvalue weighted by Crippen LogP contribution is 2.13. The number of carbonyl (C=O) groups excluding carboxylic acids is 3. The zero-order chi connectivity index (χ0) is 41.5. The van der Waals surface area contributed by atoms with Crippen molar-refractivity contribution in [3.8, 4) is 0 Å². The Morgan fingerprint density at radius 3 is 1.14 bits per heavy atom. The van der Waals surface area contributed by atoms with E-state index in [-0.39, 0.29) is 37.5 Å². The molecule has 57 heavy (non-hydrogen) atoms. The molecule has 0 amide bonds. The highest BCUT2D eigenvalue weighted by molar-refractivity contribution is 5.71. The lowest BCUT2D eigenvalue weighted by atomic mass is 10.1. The van der Waals surface area contributed by atoms with E-state index in [0.717, 1.165) is 77.0 Å². The topological polar surface area (TPSA) is 78.9 Å². The zero-order valence-corrected chi connectivity index (χ0v) is 37.3. The Balaban J connectivity index is 4.44. The van der Waals surface area contributed by atoms with E-state index < -0.39 is 6.10 Å². The third-order valence-electron chi connectivity index (χ3n) is 10.0. The van der Waals surface area contributed by atoms with Crippen LogP contribution < -0.4 is 0 Å². The average molecular weight is 797 g/mol. The van der Waals surface area contributed by atoms with Crippen molar-refractivity contribution in [3.05, 3.63) is 60.8 Å². The predicted molar refractivity (Wildman–Crippen MR) is 242 cm³/mol. The fourth-order valence-corrected chi connectivity index (χ4v) is 6.45. The van der Waals surface area contributed by atoms with E-state index >= 15 is 0 Å². The van der Waals surface area contributed by atoms with Crippen molar-refractivity contribution in [3.63, 3.8) is 0 Å². The highest BCUT2D eigenvalue weighted by atomic mass is 16.6. The van der Waals surface area contributed by atoms with Gasteiger partial charge in [-0.2, -0.15) is 0 Å². The minimum atomic E-state index is -0.806. The quantitative estimate of drug-likeness (QED) is 0.0265. The predicted octanol–water partition coefficient (Wildman–Crippen LogP) is 15.3. The Labute approximate surface area is 351 Å². The number of unbranched alkanes of at least 4 members (excludes halogenated alkanes) is 21. The van der Waals surface area contributed by atoms with Gasteiger partial charge in [0.15, 0.2) is 6.10 Å². The van der Waals surface area contributed by atoms with Gasteiger partial charge < -0.3 is 14.2 Å². The molecule has 0 aromatic heterocycles. The maximum atomic E-state index is 12.7. The standard InChI is InChI=1S/C51H88O6/c1-4-7-10-13-16-19-22-24-25-26-28-29-32-35-38-41-44-50(53)56-47-48(46-55-49(52)43-40-37-34-31-21-18-15-12-9-6-3)57-51(54)45-42-39-36-33-30-27-23-20-17-14-11-8-5-2/h7,10,16,19,24-25,27,30,36,39,48H,4-6,8-9,11-15,17-18,20-23,26,28-29,31-35,37-38,40-47H2,1-3H3/b10-7-,19-16-,25-24-,30-27-,39-36-. The summed E-state index contributed by atoms with van der Waals surface area (Å²) in [6, 6.07) is 0. The molecule has 0 aliphatic rings. The lowest BCUT2D eigenvalue weighted by Gasteiger charge is -2.18. The SMILES string of the molecule is CC/C=C\C/C=C\C/C=C\CCCCCCCCC(=O)OCC(COC(=O)CCCCCCCCCCCC)OC(=O)CC/C=C\C/C=C\CCCCCCCC. The maximum absolute atomic E-state index is 12.7. The van der Waals surface area contributed by atoms with E-state index in [4.69, 9.17) is 14.2 Å². The van der Waals surface area contributed by atoms with Crippen LogP contribution in [0, 0.1) is 0 Å². The lowest BCUT2D eigenvalue weighted by Crippen LogP contribution is -2.30. The number of hydrogen-bond donors (Lipinski definition) is 0. The van der Waals surface area contributed by atoms with Gasteiger partial charge >= 0.3 is 17.9 Å². The van der Waals surface area contributed by atoms with Gasteiger partial charge in [0.25, 0.3) is 0 Å². The van der Waals surface area contributed by atoms with E-state index in [2.05, 4.69) is 75.5 Å². The highest BCUT2D eigenvalue weighted by Gasteiger charge is 2.19. The lowest BCUT2D eigenvalue weighted by molar-refractivity contribution is -0.166. The fraction of sp³-hybridized carbons (Fsp3) is 0.745. The molecule has 0 heterocycles. The molecule has 0 rings (SSSR count). The summed E-state index contributed by atoms with van der Waals surface area (Å²) in [5.74, 6) is -0.984. The molecule has 0 spiro atoms. The average Bonchev–Trinajstić information content (AvgIpc) is 3.21. The molecular formula is C51H88O6. The molecule has 0 aliphatic heterocycles. The van der Waals surface area contributed by atoms with Gasteiger partial charge in [-0.15, -0.1) is 0 Å². The van der Waals surface area contributed by atoms with E-state index in [0.29, 0.717) is 19.3 Å². The van der Waals surface area contributed by atoms with Gasteiger partial charge in [0, 0.05) is 19.3 Å². The molecule has 6 nitrogen and oxygen atoms in total. The van der Waals surface area contributed by atoms with Gasteiger partial charge in [-0.05, 0) is 70.6 Å². The van der Waals surface area contributed by atoms with Crippen LogP contribution in [0.2, 0.25) is 0 Å². The largest absolute Gasteiger partial charge is 0.462 e. The summed E-state index contributed by atoms with van der Waals surface area (Å²) in [7, 11) is 0. The molecule has 0 aliphatic carbocycles. The minimum absolute atomic E-state index is 0.0998. The van der Waals surface area contributed by atoms with Gasteiger partial charge in [0.05, 0.1) is 0 Å². The summed E-state index contributed by atoms with van der Waals surface area (Å²) in [5, 5.41) is 0. The molecular weight excluding hydrogens is 709 g/mol. The van der Waals surface area contributed by atoms with Crippen molar-refractivity contribution in [2.24, 2.45) is 0 Å². The summed E-state index contributed by atoms with van der Waals surface area (Å²) in [5.41, 5.74) is 0. The third kappa shape index (κ3) is 44.1. The number of carbonyl (C=O) groups is 3. The smallest absolute Gasteiger partial charge is 0.306 e. The maximum Gasteiger partial charge on any atom is 0.306 e. The van der Waals surface area contributed by atoms with Gasteiger partial charge in [-0.25, -0.2) is 0 Å². The molecule has 0 saturated carbocycles. The summed E-state index contributed by atoms with van der Waals surface area (Å²) >= 11 is 0. The van der Waals surface area contributed by atoms with E-state index in [1.165, 1.54) is 103 Å². The normalized spacial score (nSPS) is 12.5. The molecule has 6 heteroatoms. The Morgan fingerprint density at radius 1 is 0.368 bits per heavy atom. The van der Waals surface area contributed by atoms with Gasteiger partial charge in [-0.3, -0.25) is 14.4 Å². The van der Waals surface area contributed by atoms with Crippen LogP contribution in [0.5, 0.6) is 0 Å². The molecule has 0 radical (unpaired) electrons. The first-order valence-electron chi connectivity index (χ1n) is 23.8. The first-order valence-corrected chi connectivity index (χ1v) is 23.8. The van der Waals surface area contributed by atoms with Crippen molar-refractivity contribution >= 4 is 17.9 Å². The Kier molecular flexibility index (Phi) is 43.5.